The number of hydrogen-bond acceptors (Lipinski definition) is 4. The largest absolute Gasteiger partial charge is 0.489 e. The molecule has 1 aromatic rings. The first kappa shape index (κ1) is 16.9. The van der Waals surface area contributed by atoms with Crippen molar-refractivity contribution in [1.29, 1.82) is 0 Å². The van der Waals surface area contributed by atoms with E-state index in [0.717, 1.165) is 0 Å². The number of rotatable bonds is 5. The first-order valence-electron chi connectivity index (χ1n) is 6.37. The van der Waals surface area contributed by atoms with Crippen molar-refractivity contribution in [1.82, 2.24) is 0 Å². The molecule has 0 amide bonds. The highest BCUT2D eigenvalue weighted by atomic mass is 32.2. The normalized spacial score (nSPS) is 14.1. The van der Waals surface area contributed by atoms with Crippen LogP contribution in [0.4, 0.5) is 4.39 Å². The molecule has 0 bridgehead atoms. The van der Waals surface area contributed by atoms with Crippen LogP contribution in [0.15, 0.2) is 18.2 Å². The Bertz CT molecular complexity index is 559. The van der Waals surface area contributed by atoms with E-state index in [9.17, 15) is 17.9 Å². The topological polar surface area (TPSA) is 63.6 Å². The van der Waals surface area contributed by atoms with Crippen LogP contribution < -0.4 is 4.74 Å². The molecule has 0 aliphatic heterocycles. The van der Waals surface area contributed by atoms with Crippen LogP contribution >= 0.6 is 0 Å². The highest BCUT2D eigenvalue weighted by Crippen LogP contribution is 2.22. The van der Waals surface area contributed by atoms with Gasteiger partial charge in [0.2, 0.25) is 0 Å². The quantitative estimate of drug-likeness (QED) is 0.907. The molecule has 0 aliphatic carbocycles. The van der Waals surface area contributed by atoms with Crippen molar-refractivity contribution in [3.63, 3.8) is 0 Å². The molecule has 1 atom stereocenters. The lowest BCUT2D eigenvalue weighted by Gasteiger charge is -2.19. The highest BCUT2D eigenvalue weighted by Gasteiger charge is 2.28. The van der Waals surface area contributed by atoms with Gasteiger partial charge in [-0.15, -0.1) is 0 Å². The van der Waals surface area contributed by atoms with E-state index in [1.54, 1.807) is 26.8 Å². The Kier molecular flexibility index (Phi) is 5.15. The summed E-state index contributed by atoms with van der Waals surface area (Å²) >= 11 is 0. The van der Waals surface area contributed by atoms with E-state index in [4.69, 9.17) is 4.74 Å². The van der Waals surface area contributed by atoms with E-state index >= 15 is 0 Å². The van der Waals surface area contributed by atoms with Crippen molar-refractivity contribution in [2.75, 3.05) is 12.4 Å². The lowest BCUT2D eigenvalue weighted by atomic mass is 10.1. The zero-order valence-electron chi connectivity index (χ0n) is 12.2. The Labute approximate surface area is 119 Å². The summed E-state index contributed by atoms with van der Waals surface area (Å²) in [6.45, 7) is 6.26. The Balaban J connectivity index is 2.68. The third-order valence-electron chi connectivity index (χ3n) is 2.98. The molecule has 114 valence electrons. The Morgan fingerprint density at radius 3 is 2.40 bits per heavy atom. The van der Waals surface area contributed by atoms with E-state index in [0.29, 0.717) is 5.56 Å². The Hall–Kier alpha value is -1.14. The van der Waals surface area contributed by atoms with Gasteiger partial charge in [0.15, 0.2) is 21.4 Å². The molecule has 0 aliphatic rings. The first-order valence-corrected chi connectivity index (χ1v) is 8.02. The third kappa shape index (κ3) is 4.18. The van der Waals surface area contributed by atoms with Gasteiger partial charge in [-0.2, -0.15) is 0 Å². The minimum atomic E-state index is -3.29. The van der Waals surface area contributed by atoms with Gasteiger partial charge in [0.05, 0.1) is 16.6 Å². The molecule has 20 heavy (non-hydrogen) atoms. The smallest absolute Gasteiger partial charge is 0.165 e. The highest BCUT2D eigenvalue weighted by molar-refractivity contribution is 7.92. The van der Waals surface area contributed by atoms with Gasteiger partial charge in [-0.1, -0.05) is 6.07 Å². The summed E-state index contributed by atoms with van der Waals surface area (Å²) in [6.07, 6.45) is -0.764. The van der Waals surface area contributed by atoms with Crippen molar-refractivity contribution < 1.29 is 22.7 Å². The molecule has 0 heterocycles. The van der Waals surface area contributed by atoms with Gasteiger partial charge in [0.1, 0.15) is 6.61 Å². The summed E-state index contributed by atoms with van der Waals surface area (Å²) in [7, 11) is -3.29. The van der Waals surface area contributed by atoms with Crippen LogP contribution in [0, 0.1) is 5.82 Å². The minimum Gasteiger partial charge on any atom is -0.489 e. The number of ether oxygens (including phenoxy) is 1. The van der Waals surface area contributed by atoms with Crippen LogP contribution in [0.25, 0.3) is 0 Å². The first-order chi connectivity index (χ1) is 9.04. The molecule has 0 fully saturated rings. The molecule has 0 radical (unpaired) electrons. The zero-order valence-corrected chi connectivity index (χ0v) is 13.0. The number of benzene rings is 1. The van der Waals surface area contributed by atoms with Crippen molar-refractivity contribution in [3.05, 3.63) is 29.6 Å². The van der Waals surface area contributed by atoms with Crippen LogP contribution in [-0.2, 0) is 9.84 Å². The lowest BCUT2D eigenvalue weighted by Crippen LogP contribution is -2.32. The van der Waals surface area contributed by atoms with Crippen LogP contribution in [0.3, 0.4) is 0 Å². The third-order valence-corrected chi connectivity index (χ3v) is 5.55. The standard InChI is InChI=1S/C14H21FO4S/c1-10(16)11-5-6-13(12(15)9-11)19-7-8-20(17,18)14(2,3)4/h5-6,9-10,16H,7-8H2,1-4H3/t10-/m1/s1. The van der Waals surface area contributed by atoms with Gasteiger partial charge in [0.25, 0.3) is 0 Å². The lowest BCUT2D eigenvalue weighted by molar-refractivity contribution is 0.198. The van der Waals surface area contributed by atoms with Crippen LogP contribution in [0.2, 0.25) is 0 Å². The van der Waals surface area contributed by atoms with Crippen LogP contribution in [0.1, 0.15) is 39.4 Å². The Morgan fingerprint density at radius 2 is 1.95 bits per heavy atom. The fraction of sp³-hybridized carbons (Fsp3) is 0.571. The van der Waals surface area contributed by atoms with Crippen molar-refractivity contribution in [3.8, 4) is 5.75 Å². The number of aliphatic hydroxyl groups excluding tert-OH is 1. The van der Waals surface area contributed by atoms with Gasteiger partial charge in [0, 0.05) is 0 Å². The summed E-state index contributed by atoms with van der Waals surface area (Å²) in [5.41, 5.74) is 0.442. The van der Waals surface area contributed by atoms with Gasteiger partial charge >= 0.3 is 0 Å². The van der Waals surface area contributed by atoms with Crippen molar-refractivity contribution in [2.24, 2.45) is 0 Å². The summed E-state index contributed by atoms with van der Waals surface area (Å²) < 4.78 is 41.7. The van der Waals surface area contributed by atoms with Gasteiger partial charge in [-0.05, 0) is 45.4 Å². The maximum atomic E-state index is 13.7. The number of hydrogen-bond donors (Lipinski definition) is 1. The van der Waals surface area contributed by atoms with Crippen molar-refractivity contribution >= 4 is 9.84 Å². The summed E-state index contributed by atoms with van der Waals surface area (Å²) in [4.78, 5) is 0. The van der Waals surface area contributed by atoms with Crippen LogP contribution in [0.5, 0.6) is 5.75 Å². The van der Waals surface area contributed by atoms with Crippen molar-refractivity contribution in [2.45, 2.75) is 38.5 Å². The second-order valence-corrected chi connectivity index (χ2v) is 8.51. The molecular weight excluding hydrogens is 283 g/mol. The summed E-state index contributed by atoms with van der Waals surface area (Å²) in [5, 5.41) is 9.32. The maximum absolute atomic E-state index is 13.7. The molecule has 1 N–H and O–H groups in total. The molecule has 1 aromatic carbocycles. The minimum absolute atomic E-state index is 0.0153. The van der Waals surface area contributed by atoms with E-state index < -0.39 is 26.5 Å². The SMILES string of the molecule is C[C@@H](O)c1ccc(OCCS(=O)(=O)C(C)(C)C)c(F)c1. The molecule has 6 heteroatoms. The molecular formula is C14H21FO4S. The number of halogens is 1. The molecule has 4 nitrogen and oxygen atoms in total. The predicted molar refractivity (Wildman–Crippen MR) is 76.1 cm³/mol. The molecule has 0 saturated carbocycles. The van der Waals surface area contributed by atoms with Gasteiger partial charge < -0.3 is 9.84 Å². The molecule has 0 saturated heterocycles. The van der Waals surface area contributed by atoms with E-state index in [2.05, 4.69) is 0 Å². The summed E-state index contributed by atoms with van der Waals surface area (Å²) in [6, 6.07) is 4.11. The van der Waals surface area contributed by atoms with E-state index in [1.165, 1.54) is 19.1 Å². The van der Waals surface area contributed by atoms with E-state index in [1.807, 2.05) is 0 Å². The average molecular weight is 304 g/mol. The maximum Gasteiger partial charge on any atom is 0.165 e. The number of sulfone groups is 1. The predicted octanol–water partition coefficient (Wildman–Crippen LogP) is 2.47. The fourth-order valence-corrected chi connectivity index (χ4v) is 2.38. The molecule has 0 aromatic heterocycles. The second kappa shape index (κ2) is 6.10. The monoisotopic (exact) mass is 304 g/mol. The average Bonchev–Trinajstić information content (AvgIpc) is 2.29. The van der Waals surface area contributed by atoms with Gasteiger partial charge in [-0.3, -0.25) is 0 Å². The van der Waals surface area contributed by atoms with Crippen LogP contribution in [-0.4, -0.2) is 30.6 Å². The molecule has 1 rings (SSSR count). The Morgan fingerprint density at radius 1 is 1.35 bits per heavy atom. The molecule has 0 spiro atoms. The zero-order chi connectivity index (χ0) is 15.6. The number of aliphatic hydroxyl groups is 1. The fourth-order valence-electron chi connectivity index (χ4n) is 1.46. The molecule has 0 unspecified atom stereocenters. The second-order valence-electron chi connectivity index (χ2n) is 5.65. The van der Waals surface area contributed by atoms with E-state index in [-0.39, 0.29) is 18.1 Å². The van der Waals surface area contributed by atoms with Gasteiger partial charge in [-0.25, -0.2) is 12.8 Å². The summed E-state index contributed by atoms with van der Waals surface area (Å²) in [5.74, 6) is -0.802.